The zero-order chi connectivity index (χ0) is 13.2. The summed E-state index contributed by atoms with van der Waals surface area (Å²) >= 11 is 0. The van der Waals surface area contributed by atoms with Gasteiger partial charge < -0.3 is 10.1 Å². The number of carbonyl (C=O) groups excluding carboxylic acids is 1. The first-order valence-corrected chi connectivity index (χ1v) is 5.84. The van der Waals surface area contributed by atoms with Crippen LogP contribution < -0.4 is 10.1 Å². The Labute approximate surface area is 110 Å². The molecule has 1 atom stereocenters. The minimum Gasteiger partial charge on any atom is -0.466 e. The molecule has 4 heteroatoms. The first-order valence-electron chi connectivity index (χ1n) is 5.84. The second-order valence-corrected chi connectivity index (χ2v) is 4.20. The summed E-state index contributed by atoms with van der Waals surface area (Å²) in [4.78, 5) is 11.9. The van der Waals surface area contributed by atoms with E-state index in [1.807, 2.05) is 6.07 Å². The summed E-state index contributed by atoms with van der Waals surface area (Å²) in [6, 6.07) is 16.1. The summed E-state index contributed by atoms with van der Waals surface area (Å²) in [6.07, 6.45) is -0.518. The lowest BCUT2D eigenvalue weighted by Gasteiger charge is -2.26. The molecule has 1 N–H and O–H groups in total. The predicted molar refractivity (Wildman–Crippen MR) is 68.4 cm³/mol. The summed E-state index contributed by atoms with van der Waals surface area (Å²) in [5.74, 6) is 0.414. The lowest BCUT2D eigenvalue weighted by molar-refractivity contribution is 0.0756. The third kappa shape index (κ3) is 2.02. The van der Waals surface area contributed by atoms with Gasteiger partial charge in [0.2, 0.25) is 0 Å². The molecule has 0 spiro atoms. The molecule has 2 aromatic rings. The van der Waals surface area contributed by atoms with Crippen molar-refractivity contribution in [1.29, 1.82) is 5.26 Å². The van der Waals surface area contributed by atoms with Crippen LogP contribution in [-0.4, -0.2) is 5.91 Å². The van der Waals surface area contributed by atoms with E-state index < -0.39 is 6.23 Å². The summed E-state index contributed by atoms with van der Waals surface area (Å²) in [7, 11) is 0. The molecule has 3 rings (SSSR count). The normalized spacial score (nSPS) is 16.8. The molecule has 1 aliphatic heterocycles. The molecule has 1 aliphatic rings. The number of rotatable bonds is 1. The van der Waals surface area contributed by atoms with Crippen molar-refractivity contribution >= 4 is 5.91 Å². The van der Waals surface area contributed by atoms with Gasteiger partial charge in [0, 0.05) is 5.56 Å². The predicted octanol–water partition coefficient (Wildman–Crippen LogP) is 2.38. The average Bonchev–Trinajstić information content (AvgIpc) is 2.47. The van der Waals surface area contributed by atoms with Crippen LogP contribution >= 0.6 is 0 Å². The van der Waals surface area contributed by atoms with Gasteiger partial charge in [0.25, 0.3) is 5.91 Å². The lowest BCUT2D eigenvalue weighted by Crippen LogP contribution is -2.36. The van der Waals surface area contributed by atoms with Crippen molar-refractivity contribution in [2.45, 2.75) is 6.23 Å². The topological polar surface area (TPSA) is 62.1 Å². The number of carbonyl (C=O) groups is 1. The maximum Gasteiger partial charge on any atom is 0.258 e. The second kappa shape index (κ2) is 4.46. The van der Waals surface area contributed by atoms with Crippen LogP contribution in [0.1, 0.15) is 27.7 Å². The molecule has 0 radical (unpaired) electrons. The third-order valence-corrected chi connectivity index (χ3v) is 2.98. The molecule has 1 amide bonds. The quantitative estimate of drug-likeness (QED) is 0.845. The van der Waals surface area contributed by atoms with Crippen molar-refractivity contribution in [3.05, 3.63) is 65.2 Å². The van der Waals surface area contributed by atoms with E-state index in [9.17, 15) is 4.79 Å². The smallest absolute Gasteiger partial charge is 0.258 e. The highest BCUT2D eigenvalue weighted by Crippen LogP contribution is 2.28. The molecule has 0 aliphatic carbocycles. The molecular formula is C15H10N2O2. The van der Waals surface area contributed by atoms with Gasteiger partial charge in [-0.15, -0.1) is 0 Å². The number of hydrogen-bond donors (Lipinski definition) is 1. The molecule has 1 heterocycles. The van der Waals surface area contributed by atoms with Crippen molar-refractivity contribution in [3.8, 4) is 11.8 Å². The van der Waals surface area contributed by atoms with Crippen molar-refractivity contribution < 1.29 is 9.53 Å². The van der Waals surface area contributed by atoms with E-state index in [0.29, 0.717) is 16.9 Å². The molecule has 0 saturated carbocycles. The molecular weight excluding hydrogens is 240 g/mol. The van der Waals surface area contributed by atoms with E-state index >= 15 is 0 Å². The Morgan fingerprint density at radius 2 is 1.84 bits per heavy atom. The maximum atomic E-state index is 11.9. The number of fused-ring (bicyclic) bond motifs is 1. The zero-order valence-electron chi connectivity index (χ0n) is 9.96. The van der Waals surface area contributed by atoms with Gasteiger partial charge in [0.05, 0.1) is 17.2 Å². The molecule has 0 bridgehead atoms. The highest BCUT2D eigenvalue weighted by atomic mass is 16.5. The van der Waals surface area contributed by atoms with Crippen molar-refractivity contribution in [3.63, 3.8) is 0 Å². The average molecular weight is 250 g/mol. The third-order valence-electron chi connectivity index (χ3n) is 2.98. The largest absolute Gasteiger partial charge is 0.466 e. The number of nitrogens with one attached hydrogen (secondary N) is 1. The molecule has 2 aromatic carbocycles. The van der Waals surface area contributed by atoms with Crippen molar-refractivity contribution in [2.75, 3.05) is 0 Å². The van der Waals surface area contributed by atoms with Crippen LogP contribution in [0.4, 0.5) is 0 Å². The fourth-order valence-corrected chi connectivity index (χ4v) is 1.99. The summed E-state index contributed by atoms with van der Waals surface area (Å²) in [6.45, 7) is 0. The first kappa shape index (κ1) is 11.3. The van der Waals surface area contributed by atoms with Crippen LogP contribution in [0, 0.1) is 11.3 Å². The van der Waals surface area contributed by atoms with E-state index in [4.69, 9.17) is 10.00 Å². The van der Waals surface area contributed by atoms with Gasteiger partial charge in [-0.25, -0.2) is 0 Å². The minimum atomic E-state index is -0.518. The molecule has 0 saturated heterocycles. The standard InChI is InChI=1S/C15H10N2O2/c16-9-10-5-7-11(8-6-10)15-17-14(18)12-3-1-2-4-13(12)19-15/h1-8,15H,(H,17,18). The highest BCUT2D eigenvalue weighted by molar-refractivity contribution is 5.97. The van der Waals surface area contributed by atoms with Gasteiger partial charge in [0.15, 0.2) is 6.23 Å². The number of benzene rings is 2. The Hall–Kier alpha value is -2.80. The van der Waals surface area contributed by atoms with Crippen LogP contribution in [0.15, 0.2) is 48.5 Å². The fraction of sp³-hybridized carbons (Fsp3) is 0.0667. The number of amides is 1. The Balaban J connectivity index is 1.92. The van der Waals surface area contributed by atoms with E-state index in [1.165, 1.54) is 0 Å². The lowest BCUT2D eigenvalue weighted by atomic mass is 10.1. The van der Waals surface area contributed by atoms with Crippen molar-refractivity contribution in [2.24, 2.45) is 0 Å². The Kier molecular flexibility index (Phi) is 2.66. The van der Waals surface area contributed by atoms with Crippen LogP contribution in [0.5, 0.6) is 5.75 Å². The van der Waals surface area contributed by atoms with E-state index in [2.05, 4.69) is 11.4 Å². The zero-order valence-corrected chi connectivity index (χ0v) is 9.96. The van der Waals surface area contributed by atoms with Crippen LogP contribution in [0.25, 0.3) is 0 Å². The van der Waals surface area contributed by atoms with Gasteiger partial charge in [-0.1, -0.05) is 24.3 Å². The van der Waals surface area contributed by atoms with Crippen LogP contribution in [-0.2, 0) is 0 Å². The number of ether oxygens (including phenoxy) is 1. The maximum absolute atomic E-state index is 11.9. The van der Waals surface area contributed by atoms with Crippen LogP contribution in [0.2, 0.25) is 0 Å². The minimum absolute atomic E-state index is 0.156. The summed E-state index contributed by atoms with van der Waals surface area (Å²) < 4.78 is 5.75. The molecule has 0 aromatic heterocycles. The van der Waals surface area contributed by atoms with Gasteiger partial charge in [-0.3, -0.25) is 4.79 Å². The number of nitriles is 1. The van der Waals surface area contributed by atoms with Gasteiger partial charge >= 0.3 is 0 Å². The molecule has 4 nitrogen and oxygen atoms in total. The van der Waals surface area contributed by atoms with Gasteiger partial charge in [0.1, 0.15) is 5.75 Å². The summed E-state index contributed by atoms with van der Waals surface area (Å²) in [5, 5.41) is 11.5. The number of hydrogen-bond acceptors (Lipinski definition) is 3. The monoisotopic (exact) mass is 250 g/mol. The molecule has 1 unspecified atom stereocenters. The molecule has 92 valence electrons. The van der Waals surface area contributed by atoms with E-state index in [-0.39, 0.29) is 5.91 Å². The highest BCUT2D eigenvalue weighted by Gasteiger charge is 2.25. The number of nitrogens with zero attached hydrogens (tertiary/aromatic N) is 1. The Morgan fingerprint density at radius 1 is 1.11 bits per heavy atom. The fourth-order valence-electron chi connectivity index (χ4n) is 1.99. The second-order valence-electron chi connectivity index (χ2n) is 4.20. The van der Waals surface area contributed by atoms with Crippen LogP contribution in [0.3, 0.4) is 0 Å². The van der Waals surface area contributed by atoms with E-state index in [1.54, 1.807) is 42.5 Å². The first-order chi connectivity index (χ1) is 9.28. The number of para-hydroxylation sites is 1. The Bertz CT molecular complexity index is 671. The summed E-state index contributed by atoms with van der Waals surface area (Å²) in [5.41, 5.74) is 1.92. The molecule has 19 heavy (non-hydrogen) atoms. The Morgan fingerprint density at radius 3 is 2.58 bits per heavy atom. The van der Waals surface area contributed by atoms with Gasteiger partial charge in [-0.2, -0.15) is 5.26 Å². The molecule has 0 fully saturated rings. The van der Waals surface area contributed by atoms with E-state index in [0.717, 1.165) is 5.56 Å². The van der Waals surface area contributed by atoms with Crippen molar-refractivity contribution in [1.82, 2.24) is 5.32 Å². The van der Waals surface area contributed by atoms with Gasteiger partial charge in [-0.05, 0) is 24.3 Å². The SMILES string of the molecule is N#Cc1ccc(C2NC(=O)c3ccccc3O2)cc1.